The average Bonchev–Trinajstić information content (AvgIpc) is 2.68. The fourth-order valence-corrected chi connectivity index (χ4v) is 5.00. The Morgan fingerprint density at radius 2 is 2.00 bits per heavy atom. The molecule has 0 unspecified atom stereocenters. The van der Waals surface area contributed by atoms with Gasteiger partial charge in [-0.15, -0.1) is 11.8 Å². The molecule has 1 aromatic carbocycles. The molecule has 2 amide bonds. The zero-order valence-corrected chi connectivity index (χ0v) is 17.7. The molecule has 3 rings (SSSR count). The Labute approximate surface area is 172 Å². The number of carbonyl (C=O) groups is 1. The molecule has 0 aromatic heterocycles. The van der Waals surface area contributed by atoms with Crippen LogP contribution in [0.5, 0.6) is 0 Å². The number of nitrogens with zero attached hydrogens (tertiary/aromatic N) is 2. The van der Waals surface area contributed by atoms with Gasteiger partial charge in [0.25, 0.3) is 0 Å². The van der Waals surface area contributed by atoms with Gasteiger partial charge in [-0.1, -0.05) is 18.5 Å². The molecule has 0 spiro atoms. The second kappa shape index (κ2) is 10.6. The summed E-state index contributed by atoms with van der Waals surface area (Å²) in [6, 6.07) is 5.92. The summed E-state index contributed by atoms with van der Waals surface area (Å²) >= 11 is 7.96. The first kappa shape index (κ1) is 20.8. The third-order valence-corrected chi connectivity index (χ3v) is 6.77. The summed E-state index contributed by atoms with van der Waals surface area (Å²) in [5, 5.41) is 6.85. The van der Waals surface area contributed by atoms with Gasteiger partial charge in [0.05, 0.1) is 6.04 Å². The summed E-state index contributed by atoms with van der Waals surface area (Å²) < 4.78 is 0. The number of benzene rings is 1. The van der Waals surface area contributed by atoms with Crippen LogP contribution in [0.3, 0.4) is 0 Å². The Hall–Kier alpha value is -0.950. The quantitative estimate of drug-likeness (QED) is 0.674. The number of piperazine rings is 1. The third-order valence-electron chi connectivity index (χ3n) is 5.42. The number of thioether (sulfide) groups is 1. The van der Waals surface area contributed by atoms with Crippen molar-refractivity contribution >= 4 is 29.4 Å². The summed E-state index contributed by atoms with van der Waals surface area (Å²) in [6.45, 7) is 9.95. The molecule has 2 N–H and O–H groups in total. The van der Waals surface area contributed by atoms with Crippen molar-refractivity contribution in [3.05, 3.63) is 28.8 Å². The van der Waals surface area contributed by atoms with Crippen LogP contribution in [-0.4, -0.2) is 67.4 Å². The molecule has 0 bridgehead atoms. The molecule has 0 radical (unpaired) electrons. The number of carbonyl (C=O) groups excluding carboxylic acids is 1. The first-order valence-corrected chi connectivity index (χ1v) is 11.4. The molecule has 5 nitrogen and oxygen atoms in total. The van der Waals surface area contributed by atoms with E-state index in [2.05, 4.69) is 33.4 Å². The number of halogens is 1. The van der Waals surface area contributed by atoms with Gasteiger partial charge in [-0.05, 0) is 56.1 Å². The lowest BCUT2D eigenvalue weighted by molar-refractivity contribution is 0.135. The van der Waals surface area contributed by atoms with Crippen LogP contribution in [0.15, 0.2) is 23.1 Å². The van der Waals surface area contributed by atoms with Gasteiger partial charge in [-0.2, -0.15) is 0 Å². The number of amides is 2. The van der Waals surface area contributed by atoms with E-state index in [4.69, 9.17) is 11.6 Å². The highest BCUT2D eigenvalue weighted by molar-refractivity contribution is 7.99. The molecule has 2 aliphatic heterocycles. The van der Waals surface area contributed by atoms with Crippen molar-refractivity contribution < 1.29 is 4.79 Å². The molecule has 2 aliphatic rings. The number of hydrogen-bond acceptors (Lipinski definition) is 4. The molecular weight excluding hydrogens is 380 g/mol. The molecule has 1 atom stereocenters. The topological polar surface area (TPSA) is 47.6 Å². The molecule has 7 heteroatoms. The predicted molar refractivity (Wildman–Crippen MR) is 114 cm³/mol. The van der Waals surface area contributed by atoms with Crippen molar-refractivity contribution in [2.45, 2.75) is 37.1 Å². The van der Waals surface area contributed by atoms with Crippen LogP contribution in [0.2, 0.25) is 5.02 Å². The fourth-order valence-electron chi connectivity index (χ4n) is 3.72. The SMILES string of the molecule is CCN1CCN(CCCCNC(=O)N[C@@H]2CCSc3ccc(Cl)cc32)CC1. The zero-order valence-electron chi connectivity index (χ0n) is 16.2. The summed E-state index contributed by atoms with van der Waals surface area (Å²) in [5.41, 5.74) is 1.14. The van der Waals surface area contributed by atoms with E-state index in [1.54, 1.807) is 0 Å². The van der Waals surface area contributed by atoms with Gasteiger partial charge in [-0.25, -0.2) is 4.79 Å². The van der Waals surface area contributed by atoms with E-state index in [9.17, 15) is 4.79 Å². The Morgan fingerprint density at radius 1 is 1.22 bits per heavy atom. The summed E-state index contributed by atoms with van der Waals surface area (Å²) in [5.74, 6) is 1.02. The predicted octanol–water partition coefficient (Wildman–Crippen LogP) is 3.59. The van der Waals surface area contributed by atoms with Gasteiger partial charge in [0.2, 0.25) is 0 Å². The second-order valence-electron chi connectivity index (χ2n) is 7.26. The molecule has 27 heavy (non-hydrogen) atoms. The van der Waals surface area contributed by atoms with Gasteiger partial charge < -0.3 is 20.4 Å². The van der Waals surface area contributed by atoms with Crippen LogP contribution in [-0.2, 0) is 0 Å². The fraction of sp³-hybridized carbons (Fsp3) is 0.650. The van der Waals surface area contributed by atoms with Crippen molar-refractivity contribution in [1.29, 1.82) is 0 Å². The zero-order chi connectivity index (χ0) is 19.1. The molecule has 1 saturated heterocycles. The van der Waals surface area contributed by atoms with Crippen LogP contribution in [0, 0.1) is 0 Å². The normalized spacial score (nSPS) is 20.9. The molecule has 1 fully saturated rings. The Morgan fingerprint density at radius 3 is 2.78 bits per heavy atom. The van der Waals surface area contributed by atoms with Crippen molar-refractivity contribution in [1.82, 2.24) is 20.4 Å². The van der Waals surface area contributed by atoms with Gasteiger partial charge in [0, 0.05) is 48.4 Å². The average molecular weight is 411 g/mol. The number of urea groups is 1. The summed E-state index contributed by atoms with van der Waals surface area (Å²) in [4.78, 5) is 18.5. The van der Waals surface area contributed by atoms with Crippen LogP contribution in [0.25, 0.3) is 0 Å². The summed E-state index contributed by atoms with van der Waals surface area (Å²) in [6.07, 6.45) is 3.09. The number of fused-ring (bicyclic) bond motifs is 1. The number of rotatable bonds is 7. The van der Waals surface area contributed by atoms with Crippen LogP contribution < -0.4 is 10.6 Å². The molecule has 2 heterocycles. The number of hydrogen-bond donors (Lipinski definition) is 2. The molecule has 150 valence electrons. The van der Waals surface area contributed by atoms with E-state index < -0.39 is 0 Å². The van der Waals surface area contributed by atoms with E-state index in [0.29, 0.717) is 0 Å². The Bertz CT molecular complexity index is 622. The van der Waals surface area contributed by atoms with E-state index in [1.165, 1.54) is 31.1 Å². The van der Waals surface area contributed by atoms with Crippen LogP contribution in [0.1, 0.15) is 37.8 Å². The minimum Gasteiger partial charge on any atom is -0.338 e. The second-order valence-corrected chi connectivity index (χ2v) is 8.83. The molecule has 0 aliphatic carbocycles. The van der Waals surface area contributed by atoms with Gasteiger partial charge >= 0.3 is 6.03 Å². The lowest BCUT2D eigenvalue weighted by Crippen LogP contribution is -2.46. The van der Waals surface area contributed by atoms with Gasteiger partial charge in [0.1, 0.15) is 0 Å². The molecule has 1 aromatic rings. The smallest absolute Gasteiger partial charge is 0.315 e. The highest BCUT2D eigenvalue weighted by atomic mass is 35.5. The maximum atomic E-state index is 12.3. The monoisotopic (exact) mass is 410 g/mol. The highest BCUT2D eigenvalue weighted by Gasteiger charge is 2.22. The van der Waals surface area contributed by atoms with E-state index in [1.807, 2.05) is 23.9 Å². The van der Waals surface area contributed by atoms with Crippen molar-refractivity contribution in [3.63, 3.8) is 0 Å². The first-order chi connectivity index (χ1) is 13.2. The Kier molecular flexibility index (Phi) is 8.12. The van der Waals surface area contributed by atoms with Gasteiger partial charge in [0.15, 0.2) is 0 Å². The van der Waals surface area contributed by atoms with Crippen molar-refractivity contribution in [2.75, 3.05) is 51.6 Å². The van der Waals surface area contributed by atoms with Crippen molar-refractivity contribution in [2.24, 2.45) is 0 Å². The maximum Gasteiger partial charge on any atom is 0.315 e. The Balaban J connectivity index is 1.32. The lowest BCUT2D eigenvalue weighted by Gasteiger charge is -2.34. The minimum absolute atomic E-state index is 0.0508. The minimum atomic E-state index is -0.0746. The van der Waals surface area contributed by atoms with Gasteiger partial charge in [-0.3, -0.25) is 0 Å². The van der Waals surface area contributed by atoms with Crippen LogP contribution in [0.4, 0.5) is 4.79 Å². The number of unbranched alkanes of at least 4 members (excludes halogenated alkanes) is 1. The number of likely N-dealkylation sites (N-methyl/N-ethyl adjacent to an activating group) is 1. The van der Waals surface area contributed by atoms with E-state index >= 15 is 0 Å². The largest absolute Gasteiger partial charge is 0.338 e. The standard InChI is InChI=1S/C20H31ClN4OS/c1-2-24-10-12-25(13-11-24)9-4-3-8-22-20(26)23-18-7-14-27-19-6-5-16(21)15-17(18)19/h5-6,15,18H,2-4,7-14H2,1H3,(H2,22,23,26)/t18-/m1/s1. The molecular formula is C20H31ClN4OS. The van der Waals surface area contributed by atoms with Crippen LogP contribution >= 0.6 is 23.4 Å². The van der Waals surface area contributed by atoms with E-state index in [-0.39, 0.29) is 12.1 Å². The van der Waals surface area contributed by atoms with Crippen molar-refractivity contribution in [3.8, 4) is 0 Å². The highest BCUT2D eigenvalue weighted by Crippen LogP contribution is 2.37. The maximum absolute atomic E-state index is 12.3. The first-order valence-electron chi connectivity index (χ1n) is 10.1. The summed E-state index contributed by atoms with van der Waals surface area (Å²) in [7, 11) is 0. The van der Waals surface area contributed by atoms with E-state index in [0.717, 1.165) is 55.2 Å². The third kappa shape index (κ3) is 6.28. The molecule has 0 saturated carbocycles. The lowest BCUT2D eigenvalue weighted by atomic mass is 10.0. The number of nitrogens with one attached hydrogen (secondary N) is 2.